The molecule has 138 valence electrons. The maximum Gasteiger partial charge on any atom is 0.335 e. The zero-order valence-electron chi connectivity index (χ0n) is 15.1. The van der Waals surface area contributed by atoms with Crippen LogP contribution in [-0.2, 0) is 0 Å². The first-order valence-electron chi connectivity index (χ1n) is 8.28. The number of aromatic nitrogens is 2. The number of hydrogen-bond donors (Lipinski definition) is 3. The summed E-state index contributed by atoms with van der Waals surface area (Å²) in [5.74, 6) is -0.582. The molecule has 0 fully saturated rings. The molecule has 0 spiro atoms. The van der Waals surface area contributed by atoms with Gasteiger partial charge in [0.15, 0.2) is 0 Å². The number of aryl methyl sites for hydroxylation is 3. The van der Waals surface area contributed by atoms with Crippen molar-refractivity contribution in [3.05, 3.63) is 79.5 Å². The molecular formula is C20H19N3O4. The number of aromatic hydroxyl groups is 2. The van der Waals surface area contributed by atoms with Gasteiger partial charge < -0.3 is 10.2 Å². The van der Waals surface area contributed by atoms with Gasteiger partial charge >= 0.3 is 5.69 Å². The fraction of sp³-hybridized carbons (Fsp3) is 0.150. The van der Waals surface area contributed by atoms with Crippen molar-refractivity contribution in [1.82, 2.24) is 9.55 Å². The third-order valence-corrected chi connectivity index (χ3v) is 4.19. The number of H-pyrrole nitrogens is 1. The maximum absolute atomic E-state index is 12.4. The molecule has 0 aliphatic carbocycles. The van der Waals surface area contributed by atoms with Crippen molar-refractivity contribution in [3.8, 4) is 17.3 Å². The summed E-state index contributed by atoms with van der Waals surface area (Å²) in [6.45, 7) is 5.58. The number of benzene rings is 2. The molecule has 0 atom stereocenters. The van der Waals surface area contributed by atoms with Crippen molar-refractivity contribution in [2.24, 2.45) is 4.99 Å². The summed E-state index contributed by atoms with van der Waals surface area (Å²) in [6.07, 6.45) is 1.12. The molecule has 0 bridgehead atoms. The minimum Gasteiger partial charge on any atom is -0.506 e. The first kappa shape index (κ1) is 18.2. The van der Waals surface area contributed by atoms with Crippen molar-refractivity contribution in [2.45, 2.75) is 20.8 Å². The van der Waals surface area contributed by atoms with Crippen molar-refractivity contribution < 1.29 is 10.2 Å². The van der Waals surface area contributed by atoms with Crippen molar-refractivity contribution >= 4 is 11.9 Å². The SMILES string of the molecule is Cc1cc(C)c(-n2c(O)c(C=Nc3ccccc3O)c(=O)[nH]c2=O)c(C)c1. The highest BCUT2D eigenvalue weighted by Crippen LogP contribution is 2.26. The summed E-state index contributed by atoms with van der Waals surface area (Å²) < 4.78 is 1.05. The Morgan fingerprint density at radius 3 is 2.30 bits per heavy atom. The third-order valence-electron chi connectivity index (χ3n) is 4.19. The number of hydrogen-bond acceptors (Lipinski definition) is 5. The smallest absolute Gasteiger partial charge is 0.335 e. The number of phenolic OH excluding ortho intramolecular Hbond substituents is 1. The Morgan fingerprint density at radius 1 is 1.04 bits per heavy atom. The number of rotatable bonds is 3. The van der Waals surface area contributed by atoms with Gasteiger partial charge in [0.1, 0.15) is 17.0 Å². The van der Waals surface area contributed by atoms with Gasteiger partial charge in [0.2, 0.25) is 5.88 Å². The zero-order valence-corrected chi connectivity index (χ0v) is 15.1. The van der Waals surface area contributed by atoms with E-state index in [0.29, 0.717) is 5.69 Å². The van der Waals surface area contributed by atoms with Crippen LogP contribution in [0.5, 0.6) is 11.6 Å². The van der Waals surface area contributed by atoms with E-state index in [0.717, 1.165) is 27.5 Å². The van der Waals surface area contributed by atoms with E-state index in [-0.39, 0.29) is 17.0 Å². The molecule has 27 heavy (non-hydrogen) atoms. The second kappa shape index (κ2) is 6.95. The third kappa shape index (κ3) is 3.39. The lowest BCUT2D eigenvalue weighted by molar-refractivity contribution is 0.429. The van der Waals surface area contributed by atoms with E-state index >= 15 is 0 Å². The van der Waals surface area contributed by atoms with E-state index in [1.165, 1.54) is 6.07 Å². The molecule has 3 rings (SSSR count). The Bertz CT molecular complexity index is 1150. The quantitative estimate of drug-likeness (QED) is 0.620. The molecule has 1 heterocycles. The summed E-state index contributed by atoms with van der Waals surface area (Å²) in [6, 6.07) is 10.1. The minimum atomic E-state index is -0.768. The van der Waals surface area contributed by atoms with E-state index in [1.54, 1.807) is 18.2 Å². The second-order valence-corrected chi connectivity index (χ2v) is 6.33. The van der Waals surface area contributed by atoms with Crippen LogP contribution < -0.4 is 11.2 Å². The molecule has 0 saturated heterocycles. The second-order valence-electron chi connectivity index (χ2n) is 6.33. The zero-order chi connectivity index (χ0) is 19.7. The average Bonchev–Trinajstić information content (AvgIpc) is 2.58. The molecule has 0 saturated carbocycles. The van der Waals surface area contributed by atoms with Crippen LogP contribution in [0.1, 0.15) is 22.3 Å². The molecule has 0 amide bonds. The van der Waals surface area contributed by atoms with Gasteiger partial charge in [0, 0.05) is 6.21 Å². The van der Waals surface area contributed by atoms with Crippen molar-refractivity contribution in [3.63, 3.8) is 0 Å². The van der Waals surface area contributed by atoms with Crippen LogP contribution in [-0.4, -0.2) is 26.0 Å². The molecule has 7 heteroatoms. The normalized spacial score (nSPS) is 11.2. The standard InChI is InChI=1S/C20H19N3O4/c1-11-8-12(2)17(13(3)9-11)23-19(26)14(18(25)22-20(23)27)10-21-15-6-4-5-7-16(15)24/h4-10,24,26H,1-3H3,(H,22,25,27). The highest BCUT2D eigenvalue weighted by molar-refractivity contribution is 5.85. The van der Waals surface area contributed by atoms with Crippen LogP contribution in [0, 0.1) is 20.8 Å². The summed E-state index contributed by atoms with van der Waals surface area (Å²) in [4.78, 5) is 30.8. The van der Waals surface area contributed by atoms with Crippen LogP contribution in [0.15, 0.2) is 51.0 Å². The van der Waals surface area contributed by atoms with Crippen molar-refractivity contribution in [2.75, 3.05) is 0 Å². The van der Waals surface area contributed by atoms with E-state index in [1.807, 2.05) is 32.9 Å². The summed E-state index contributed by atoms with van der Waals surface area (Å²) in [5.41, 5.74) is 1.61. The molecule has 3 aromatic rings. The van der Waals surface area contributed by atoms with Crippen LogP contribution in [0.3, 0.4) is 0 Å². The van der Waals surface area contributed by atoms with E-state index in [2.05, 4.69) is 9.98 Å². The highest BCUT2D eigenvalue weighted by atomic mass is 16.3. The number of nitrogens with zero attached hydrogens (tertiary/aromatic N) is 2. The lowest BCUT2D eigenvalue weighted by atomic mass is 10.0. The lowest BCUT2D eigenvalue weighted by Gasteiger charge is -2.15. The Hall–Kier alpha value is -3.61. The number of phenols is 1. The van der Waals surface area contributed by atoms with Gasteiger partial charge in [-0.05, 0) is 44.0 Å². The average molecular weight is 365 g/mol. The van der Waals surface area contributed by atoms with Crippen LogP contribution in [0.2, 0.25) is 0 Å². The molecule has 2 aromatic carbocycles. The summed E-state index contributed by atoms with van der Waals surface area (Å²) in [7, 11) is 0. The molecule has 0 aliphatic heterocycles. The van der Waals surface area contributed by atoms with Crippen LogP contribution in [0.25, 0.3) is 5.69 Å². The van der Waals surface area contributed by atoms with Gasteiger partial charge in [-0.1, -0.05) is 29.8 Å². The Balaban J connectivity index is 2.23. The van der Waals surface area contributed by atoms with Crippen molar-refractivity contribution in [1.29, 1.82) is 0 Å². The molecule has 1 aromatic heterocycles. The predicted octanol–water partition coefficient (Wildman–Crippen LogP) is 2.61. The van der Waals surface area contributed by atoms with E-state index in [9.17, 15) is 19.8 Å². The van der Waals surface area contributed by atoms with Gasteiger partial charge in [-0.3, -0.25) is 14.8 Å². The molecule has 0 aliphatic rings. The number of para-hydroxylation sites is 2. The van der Waals surface area contributed by atoms with Gasteiger partial charge in [-0.15, -0.1) is 0 Å². The fourth-order valence-corrected chi connectivity index (χ4v) is 3.09. The first-order chi connectivity index (χ1) is 12.8. The Labute approximate surface area is 154 Å². The largest absolute Gasteiger partial charge is 0.506 e. The van der Waals surface area contributed by atoms with Gasteiger partial charge in [0.05, 0.1) is 5.69 Å². The molecule has 0 radical (unpaired) electrons. The molecule has 0 unspecified atom stereocenters. The molecule has 3 N–H and O–H groups in total. The summed E-state index contributed by atoms with van der Waals surface area (Å²) in [5, 5.41) is 20.4. The molecular weight excluding hydrogens is 346 g/mol. The lowest BCUT2D eigenvalue weighted by Crippen LogP contribution is -2.32. The van der Waals surface area contributed by atoms with Gasteiger partial charge in [-0.2, -0.15) is 0 Å². The highest BCUT2D eigenvalue weighted by Gasteiger charge is 2.17. The van der Waals surface area contributed by atoms with E-state index < -0.39 is 17.1 Å². The Morgan fingerprint density at radius 2 is 1.67 bits per heavy atom. The minimum absolute atomic E-state index is 0.0665. The number of aromatic amines is 1. The topological polar surface area (TPSA) is 108 Å². The van der Waals surface area contributed by atoms with E-state index in [4.69, 9.17) is 0 Å². The monoisotopic (exact) mass is 365 g/mol. The van der Waals surface area contributed by atoms with Crippen LogP contribution in [0.4, 0.5) is 5.69 Å². The Kier molecular flexibility index (Phi) is 4.68. The number of aliphatic imine (C=N–C) groups is 1. The van der Waals surface area contributed by atoms with Gasteiger partial charge in [-0.25, -0.2) is 9.36 Å². The number of nitrogens with one attached hydrogen (secondary N) is 1. The van der Waals surface area contributed by atoms with Gasteiger partial charge in [0.25, 0.3) is 5.56 Å². The maximum atomic E-state index is 12.4. The fourth-order valence-electron chi connectivity index (χ4n) is 3.09. The van der Waals surface area contributed by atoms with Crippen LogP contribution >= 0.6 is 0 Å². The first-order valence-corrected chi connectivity index (χ1v) is 8.28. The molecule has 7 nitrogen and oxygen atoms in total. The summed E-state index contributed by atoms with van der Waals surface area (Å²) >= 11 is 0. The predicted molar refractivity (Wildman–Crippen MR) is 104 cm³/mol.